The number of aliphatic hydroxyl groups excluding tert-OH is 1. The summed E-state index contributed by atoms with van der Waals surface area (Å²) in [4.78, 5) is 3.06. The van der Waals surface area contributed by atoms with Crippen LogP contribution in [-0.4, -0.2) is 10.1 Å². The molecule has 0 spiro atoms. The molecule has 1 atom stereocenters. The van der Waals surface area contributed by atoms with Crippen molar-refractivity contribution in [1.82, 2.24) is 4.98 Å². The molecule has 0 saturated heterocycles. The van der Waals surface area contributed by atoms with Crippen molar-refractivity contribution < 1.29 is 9.50 Å². The molecule has 0 radical (unpaired) electrons. The number of fused-ring (bicyclic) bond motifs is 1. The Balaban J connectivity index is 2.73. The quantitative estimate of drug-likeness (QED) is 0.819. The second-order valence-corrected chi connectivity index (χ2v) is 3.96. The lowest BCUT2D eigenvalue weighted by Gasteiger charge is -2.09. The molecule has 0 bridgehead atoms. The van der Waals surface area contributed by atoms with E-state index in [-0.39, 0.29) is 5.82 Å². The number of rotatable bonds is 3. The molecule has 0 aliphatic heterocycles. The van der Waals surface area contributed by atoms with E-state index < -0.39 is 6.10 Å². The Bertz CT molecular complexity index is 504. The van der Waals surface area contributed by atoms with Gasteiger partial charge in [0.15, 0.2) is 0 Å². The molecule has 0 saturated carbocycles. The zero-order valence-electron chi connectivity index (χ0n) is 9.55. The number of aryl methyl sites for hydroxylation is 1. The molecule has 0 aliphatic carbocycles. The molecule has 2 rings (SSSR count). The SMILES string of the molecule is CCc1[nH]c2c(F)cccc2c1C(O)CC. The summed E-state index contributed by atoms with van der Waals surface area (Å²) in [5.74, 6) is -0.262. The Hall–Kier alpha value is -1.35. The Kier molecular flexibility index (Phi) is 2.97. The Morgan fingerprint density at radius 3 is 2.75 bits per heavy atom. The number of hydrogen-bond acceptors (Lipinski definition) is 1. The molecule has 3 heteroatoms. The van der Waals surface area contributed by atoms with E-state index >= 15 is 0 Å². The zero-order chi connectivity index (χ0) is 11.7. The third kappa shape index (κ3) is 1.61. The number of hydrogen-bond donors (Lipinski definition) is 2. The first-order chi connectivity index (χ1) is 7.69. The van der Waals surface area contributed by atoms with Gasteiger partial charge in [0.1, 0.15) is 5.82 Å². The minimum absolute atomic E-state index is 0.262. The Morgan fingerprint density at radius 2 is 2.12 bits per heavy atom. The van der Waals surface area contributed by atoms with E-state index in [9.17, 15) is 9.50 Å². The van der Waals surface area contributed by atoms with E-state index in [0.717, 1.165) is 23.1 Å². The van der Waals surface area contributed by atoms with Crippen molar-refractivity contribution in [3.8, 4) is 0 Å². The first-order valence-electron chi connectivity index (χ1n) is 5.66. The van der Waals surface area contributed by atoms with Crippen LogP contribution in [0.1, 0.15) is 37.6 Å². The van der Waals surface area contributed by atoms with E-state index in [1.54, 1.807) is 6.07 Å². The number of para-hydroxylation sites is 1. The summed E-state index contributed by atoms with van der Waals surface area (Å²) in [6, 6.07) is 4.96. The highest BCUT2D eigenvalue weighted by molar-refractivity contribution is 5.85. The van der Waals surface area contributed by atoms with E-state index in [1.165, 1.54) is 6.07 Å². The molecule has 2 N–H and O–H groups in total. The summed E-state index contributed by atoms with van der Waals surface area (Å²) >= 11 is 0. The smallest absolute Gasteiger partial charge is 0.147 e. The van der Waals surface area contributed by atoms with Gasteiger partial charge < -0.3 is 10.1 Å². The lowest BCUT2D eigenvalue weighted by Crippen LogP contribution is -1.98. The zero-order valence-corrected chi connectivity index (χ0v) is 9.55. The molecule has 0 fully saturated rings. The summed E-state index contributed by atoms with van der Waals surface area (Å²) in [5.41, 5.74) is 2.27. The fraction of sp³-hybridized carbons (Fsp3) is 0.385. The van der Waals surface area contributed by atoms with Crippen LogP contribution in [0.25, 0.3) is 10.9 Å². The van der Waals surface area contributed by atoms with Crippen molar-refractivity contribution in [2.75, 3.05) is 0 Å². The van der Waals surface area contributed by atoms with Crippen LogP contribution in [0.4, 0.5) is 4.39 Å². The summed E-state index contributed by atoms with van der Waals surface area (Å²) < 4.78 is 13.6. The molecule has 0 amide bonds. The molecular formula is C13H16FNO. The lowest BCUT2D eigenvalue weighted by molar-refractivity contribution is 0.174. The van der Waals surface area contributed by atoms with Crippen molar-refractivity contribution in [2.24, 2.45) is 0 Å². The third-order valence-corrected chi connectivity index (χ3v) is 2.98. The molecule has 2 aromatic rings. The van der Waals surface area contributed by atoms with E-state index in [4.69, 9.17) is 0 Å². The number of nitrogens with one attached hydrogen (secondary N) is 1. The molecule has 1 heterocycles. The van der Waals surface area contributed by atoms with Gasteiger partial charge in [-0.15, -0.1) is 0 Å². The van der Waals surface area contributed by atoms with Crippen LogP contribution in [0.2, 0.25) is 0 Å². The first kappa shape index (κ1) is 11.1. The van der Waals surface area contributed by atoms with Crippen LogP contribution >= 0.6 is 0 Å². The van der Waals surface area contributed by atoms with Gasteiger partial charge in [-0.2, -0.15) is 0 Å². The maximum Gasteiger partial charge on any atom is 0.147 e. The molecular weight excluding hydrogens is 205 g/mol. The van der Waals surface area contributed by atoms with Crippen molar-refractivity contribution in [3.63, 3.8) is 0 Å². The fourth-order valence-electron chi connectivity index (χ4n) is 2.12. The molecule has 2 nitrogen and oxygen atoms in total. The topological polar surface area (TPSA) is 36.0 Å². The van der Waals surface area contributed by atoms with Gasteiger partial charge >= 0.3 is 0 Å². The Morgan fingerprint density at radius 1 is 1.38 bits per heavy atom. The molecule has 0 aliphatic rings. The summed E-state index contributed by atoms with van der Waals surface area (Å²) in [6.07, 6.45) is 0.877. The number of aromatic nitrogens is 1. The monoisotopic (exact) mass is 221 g/mol. The predicted molar refractivity (Wildman–Crippen MR) is 62.9 cm³/mol. The predicted octanol–water partition coefficient (Wildman–Crippen LogP) is 3.31. The number of halogens is 1. The molecule has 86 valence electrons. The average molecular weight is 221 g/mol. The van der Waals surface area contributed by atoms with Crippen molar-refractivity contribution >= 4 is 10.9 Å². The van der Waals surface area contributed by atoms with Gasteiger partial charge in [-0.25, -0.2) is 4.39 Å². The molecule has 1 unspecified atom stereocenters. The van der Waals surface area contributed by atoms with Crippen molar-refractivity contribution in [1.29, 1.82) is 0 Å². The number of aliphatic hydroxyl groups is 1. The molecule has 16 heavy (non-hydrogen) atoms. The maximum atomic E-state index is 13.6. The number of benzene rings is 1. The van der Waals surface area contributed by atoms with Crippen molar-refractivity contribution in [3.05, 3.63) is 35.3 Å². The first-order valence-corrected chi connectivity index (χ1v) is 5.66. The van der Waals surface area contributed by atoms with Crippen LogP contribution in [0.3, 0.4) is 0 Å². The highest BCUT2D eigenvalue weighted by Crippen LogP contribution is 2.31. The van der Waals surface area contributed by atoms with Gasteiger partial charge in [-0.05, 0) is 18.9 Å². The second kappa shape index (κ2) is 4.26. The highest BCUT2D eigenvalue weighted by Gasteiger charge is 2.17. The van der Waals surface area contributed by atoms with Crippen LogP contribution in [0, 0.1) is 5.82 Å². The van der Waals surface area contributed by atoms with Gasteiger partial charge in [0.2, 0.25) is 0 Å². The minimum atomic E-state index is -0.523. The largest absolute Gasteiger partial charge is 0.388 e. The van der Waals surface area contributed by atoms with Gasteiger partial charge in [-0.3, -0.25) is 0 Å². The number of H-pyrrole nitrogens is 1. The Labute approximate surface area is 94.1 Å². The summed E-state index contributed by atoms with van der Waals surface area (Å²) in [6.45, 7) is 3.91. The van der Waals surface area contributed by atoms with Gasteiger partial charge in [0.05, 0.1) is 11.6 Å². The van der Waals surface area contributed by atoms with Gasteiger partial charge in [0.25, 0.3) is 0 Å². The van der Waals surface area contributed by atoms with E-state index in [1.807, 2.05) is 19.9 Å². The van der Waals surface area contributed by atoms with Gasteiger partial charge in [0, 0.05) is 16.6 Å². The maximum absolute atomic E-state index is 13.6. The van der Waals surface area contributed by atoms with E-state index in [2.05, 4.69) is 4.98 Å². The van der Waals surface area contributed by atoms with Crippen LogP contribution in [0.5, 0.6) is 0 Å². The normalized spacial score (nSPS) is 13.2. The van der Waals surface area contributed by atoms with Gasteiger partial charge in [-0.1, -0.05) is 26.0 Å². The van der Waals surface area contributed by atoms with Crippen LogP contribution < -0.4 is 0 Å². The number of aromatic amines is 1. The van der Waals surface area contributed by atoms with Crippen molar-refractivity contribution in [2.45, 2.75) is 32.8 Å². The third-order valence-electron chi connectivity index (χ3n) is 2.98. The lowest BCUT2D eigenvalue weighted by atomic mass is 10.0. The van der Waals surface area contributed by atoms with Crippen LogP contribution in [-0.2, 0) is 6.42 Å². The fourth-order valence-corrected chi connectivity index (χ4v) is 2.12. The molecule has 1 aromatic carbocycles. The average Bonchev–Trinajstić information content (AvgIpc) is 2.68. The standard InChI is InChI=1S/C13H16FNO/c1-3-10-12(11(16)4-2)8-6-5-7-9(14)13(8)15-10/h5-7,11,15-16H,3-4H2,1-2H3. The summed E-state index contributed by atoms with van der Waals surface area (Å²) in [7, 11) is 0. The molecule has 1 aromatic heterocycles. The summed E-state index contributed by atoms with van der Waals surface area (Å²) in [5, 5.41) is 10.8. The minimum Gasteiger partial charge on any atom is -0.388 e. The van der Waals surface area contributed by atoms with Crippen LogP contribution in [0.15, 0.2) is 18.2 Å². The highest BCUT2D eigenvalue weighted by atomic mass is 19.1. The van der Waals surface area contributed by atoms with E-state index in [0.29, 0.717) is 11.9 Å². The second-order valence-electron chi connectivity index (χ2n) is 3.96.